The van der Waals surface area contributed by atoms with Crippen LogP contribution in [0.1, 0.15) is 37.0 Å². The van der Waals surface area contributed by atoms with E-state index in [-0.39, 0.29) is 5.41 Å². The summed E-state index contributed by atoms with van der Waals surface area (Å²) in [6.45, 7) is 2.61. The molecule has 1 saturated carbocycles. The Hall–Kier alpha value is -1.80. The summed E-state index contributed by atoms with van der Waals surface area (Å²) in [5, 5.41) is 10.8. The molecule has 0 aliphatic heterocycles. The van der Waals surface area contributed by atoms with E-state index in [2.05, 4.69) is 12.1 Å². The van der Waals surface area contributed by atoms with Gasteiger partial charge < -0.3 is 9.84 Å². The molecule has 2 aromatic carbocycles. The van der Waals surface area contributed by atoms with Crippen molar-refractivity contribution in [2.45, 2.75) is 31.3 Å². The maximum Gasteiger partial charge on any atom is 0.119 e. The number of hydrogen-bond acceptors (Lipinski definition) is 2. The molecule has 2 nitrogen and oxygen atoms in total. The Kier molecular flexibility index (Phi) is 3.49. The summed E-state index contributed by atoms with van der Waals surface area (Å²) in [5.41, 5.74) is 2.07. The van der Waals surface area contributed by atoms with Gasteiger partial charge in [-0.3, -0.25) is 0 Å². The largest absolute Gasteiger partial charge is 0.494 e. The Morgan fingerprint density at radius 2 is 1.85 bits per heavy atom. The monoisotopic (exact) mass is 268 g/mol. The number of aliphatic hydroxyl groups is 1. The Morgan fingerprint density at radius 3 is 2.50 bits per heavy atom. The minimum absolute atomic E-state index is 0.105. The fourth-order valence-corrected chi connectivity index (χ4v) is 2.88. The first-order valence-electron chi connectivity index (χ1n) is 7.22. The van der Waals surface area contributed by atoms with Crippen molar-refractivity contribution < 1.29 is 9.84 Å². The van der Waals surface area contributed by atoms with Crippen LogP contribution < -0.4 is 4.74 Å². The van der Waals surface area contributed by atoms with Gasteiger partial charge in [0.2, 0.25) is 0 Å². The fourth-order valence-electron chi connectivity index (χ4n) is 2.88. The quantitative estimate of drug-likeness (QED) is 0.892. The van der Waals surface area contributed by atoms with Crippen molar-refractivity contribution >= 4 is 0 Å². The lowest BCUT2D eigenvalue weighted by atomic mass is 9.86. The van der Waals surface area contributed by atoms with E-state index in [1.54, 1.807) is 0 Å². The second-order valence-electron chi connectivity index (χ2n) is 5.43. The van der Waals surface area contributed by atoms with Crippen LogP contribution in [0.3, 0.4) is 0 Å². The van der Waals surface area contributed by atoms with Gasteiger partial charge in [-0.25, -0.2) is 0 Å². The Bertz CT molecular complexity index is 573. The lowest BCUT2D eigenvalue weighted by Crippen LogP contribution is -2.18. The van der Waals surface area contributed by atoms with Crippen LogP contribution in [-0.2, 0) is 5.41 Å². The molecular formula is C18H20O2. The van der Waals surface area contributed by atoms with Crippen molar-refractivity contribution in [1.29, 1.82) is 0 Å². The Labute approximate surface area is 120 Å². The Morgan fingerprint density at radius 1 is 1.10 bits per heavy atom. The maximum atomic E-state index is 10.8. The van der Waals surface area contributed by atoms with E-state index in [4.69, 9.17) is 4.74 Å². The highest BCUT2D eigenvalue weighted by Gasteiger charge is 2.50. The molecule has 0 bridgehead atoms. The van der Waals surface area contributed by atoms with E-state index in [1.165, 1.54) is 5.56 Å². The first-order valence-corrected chi connectivity index (χ1v) is 7.22. The third kappa shape index (κ3) is 2.32. The highest BCUT2D eigenvalue weighted by atomic mass is 16.5. The lowest BCUT2D eigenvalue weighted by molar-refractivity contribution is 0.132. The molecule has 0 spiro atoms. The summed E-state index contributed by atoms with van der Waals surface area (Å²) in [5.74, 6) is 0.827. The van der Waals surface area contributed by atoms with Gasteiger partial charge in [-0.05, 0) is 43.0 Å². The van der Waals surface area contributed by atoms with E-state index in [1.807, 2.05) is 49.4 Å². The molecule has 1 N–H and O–H groups in total. The van der Waals surface area contributed by atoms with Crippen molar-refractivity contribution in [2.24, 2.45) is 0 Å². The number of rotatable bonds is 5. The molecule has 1 fully saturated rings. The molecule has 1 aliphatic rings. The van der Waals surface area contributed by atoms with E-state index < -0.39 is 6.10 Å². The lowest BCUT2D eigenvalue weighted by Gasteiger charge is -2.23. The number of benzene rings is 2. The van der Waals surface area contributed by atoms with Crippen LogP contribution >= 0.6 is 0 Å². The van der Waals surface area contributed by atoms with E-state index in [9.17, 15) is 5.11 Å². The van der Waals surface area contributed by atoms with Crippen molar-refractivity contribution in [3.63, 3.8) is 0 Å². The van der Waals surface area contributed by atoms with Gasteiger partial charge >= 0.3 is 0 Å². The molecule has 20 heavy (non-hydrogen) atoms. The first kappa shape index (κ1) is 13.2. The van der Waals surface area contributed by atoms with E-state index in [0.29, 0.717) is 6.61 Å². The van der Waals surface area contributed by atoms with Crippen molar-refractivity contribution in [3.05, 3.63) is 65.7 Å². The summed E-state index contributed by atoms with van der Waals surface area (Å²) >= 11 is 0. The Balaban J connectivity index is 1.89. The smallest absolute Gasteiger partial charge is 0.119 e. The summed E-state index contributed by atoms with van der Waals surface area (Å²) < 4.78 is 5.52. The van der Waals surface area contributed by atoms with Gasteiger partial charge in [-0.1, -0.05) is 42.5 Å². The van der Waals surface area contributed by atoms with Crippen LogP contribution in [0.15, 0.2) is 54.6 Å². The number of aliphatic hydroxyl groups excluding tert-OH is 1. The molecule has 0 heterocycles. The van der Waals surface area contributed by atoms with Crippen LogP contribution in [0.2, 0.25) is 0 Å². The SMILES string of the molecule is CCOc1cccc(C(O)C2(c3ccccc3)CC2)c1. The molecule has 0 radical (unpaired) electrons. The van der Waals surface area contributed by atoms with Crippen molar-refractivity contribution in [2.75, 3.05) is 6.61 Å². The predicted octanol–water partition coefficient (Wildman–Crippen LogP) is 3.85. The van der Waals surface area contributed by atoms with Crippen LogP contribution in [0.25, 0.3) is 0 Å². The zero-order chi connectivity index (χ0) is 14.0. The molecule has 104 valence electrons. The van der Waals surface area contributed by atoms with E-state index >= 15 is 0 Å². The number of ether oxygens (including phenoxy) is 1. The minimum atomic E-state index is -0.467. The number of hydrogen-bond donors (Lipinski definition) is 1. The summed E-state index contributed by atoms with van der Waals surface area (Å²) in [7, 11) is 0. The third-order valence-corrected chi connectivity index (χ3v) is 4.15. The average molecular weight is 268 g/mol. The second-order valence-corrected chi connectivity index (χ2v) is 5.43. The van der Waals surface area contributed by atoms with Gasteiger partial charge in [0, 0.05) is 5.41 Å². The van der Waals surface area contributed by atoms with Crippen molar-refractivity contribution in [1.82, 2.24) is 0 Å². The van der Waals surface area contributed by atoms with Gasteiger partial charge in [-0.2, -0.15) is 0 Å². The molecule has 3 rings (SSSR count). The second kappa shape index (κ2) is 5.29. The highest BCUT2D eigenvalue weighted by Crippen LogP contribution is 2.56. The van der Waals surface area contributed by atoms with Gasteiger partial charge in [0.15, 0.2) is 0 Å². The van der Waals surface area contributed by atoms with Gasteiger partial charge in [0.1, 0.15) is 5.75 Å². The fraction of sp³-hybridized carbons (Fsp3) is 0.333. The minimum Gasteiger partial charge on any atom is -0.494 e. The predicted molar refractivity (Wildman–Crippen MR) is 79.9 cm³/mol. The first-order chi connectivity index (χ1) is 9.76. The zero-order valence-corrected chi connectivity index (χ0v) is 11.8. The maximum absolute atomic E-state index is 10.8. The van der Waals surface area contributed by atoms with Crippen molar-refractivity contribution in [3.8, 4) is 5.75 Å². The van der Waals surface area contributed by atoms with Crippen LogP contribution in [-0.4, -0.2) is 11.7 Å². The van der Waals surface area contributed by atoms with E-state index in [0.717, 1.165) is 24.2 Å². The van der Waals surface area contributed by atoms with Gasteiger partial charge in [0.05, 0.1) is 12.7 Å². The molecule has 1 aliphatic carbocycles. The highest BCUT2D eigenvalue weighted by molar-refractivity contribution is 5.39. The van der Waals surface area contributed by atoms with Crippen LogP contribution in [0, 0.1) is 0 Å². The molecule has 0 saturated heterocycles. The standard InChI is InChI=1S/C18H20O2/c1-2-20-16-10-6-7-14(13-16)17(19)18(11-12-18)15-8-4-3-5-9-15/h3-10,13,17,19H,2,11-12H2,1H3. The molecule has 2 heteroatoms. The third-order valence-electron chi connectivity index (χ3n) is 4.15. The molecule has 0 amide bonds. The summed E-state index contributed by atoms with van der Waals surface area (Å²) in [6.07, 6.45) is 1.61. The zero-order valence-electron chi connectivity index (χ0n) is 11.8. The molecule has 0 aromatic heterocycles. The summed E-state index contributed by atoms with van der Waals surface area (Å²) in [4.78, 5) is 0. The van der Waals surface area contributed by atoms with Crippen LogP contribution in [0.4, 0.5) is 0 Å². The van der Waals surface area contributed by atoms with Gasteiger partial charge in [0.25, 0.3) is 0 Å². The summed E-state index contributed by atoms with van der Waals surface area (Å²) in [6, 6.07) is 18.1. The molecule has 1 unspecified atom stereocenters. The molecular weight excluding hydrogens is 248 g/mol. The molecule has 1 atom stereocenters. The average Bonchev–Trinajstić information content (AvgIpc) is 3.30. The van der Waals surface area contributed by atoms with Gasteiger partial charge in [-0.15, -0.1) is 0 Å². The normalized spacial score (nSPS) is 17.5. The van der Waals surface area contributed by atoms with Crippen LogP contribution in [0.5, 0.6) is 5.75 Å². The topological polar surface area (TPSA) is 29.5 Å². The molecule has 2 aromatic rings.